The maximum absolute atomic E-state index is 14.1. The second-order valence-corrected chi connectivity index (χ2v) is 8.55. The topological polar surface area (TPSA) is 49.9 Å². The SMILES string of the molecule is CCN(C(=O)[C@@H]1c2ccccc2C(=O)N(CCOC)[C@H]1c1cccs1)c1ccc(F)cc1. The third-order valence-corrected chi connectivity index (χ3v) is 6.74. The van der Waals surface area contributed by atoms with Crippen LogP contribution in [0.3, 0.4) is 0 Å². The summed E-state index contributed by atoms with van der Waals surface area (Å²) in [6, 6.07) is 16.7. The molecule has 2 heterocycles. The Hall–Kier alpha value is -3.03. The molecule has 0 fully saturated rings. The molecule has 2 amide bonds. The number of amides is 2. The zero-order valence-electron chi connectivity index (χ0n) is 18.0. The normalized spacial score (nSPS) is 17.8. The summed E-state index contributed by atoms with van der Waals surface area (Å²) in [4.78, 5) is 31.9. The molecule has 1 aliphatic heterocycles. The summed E-state index contributed by atoms with van der Waals surface area (Å²) in [5.74, 6) is -1.18. The van der Waals surface area contributed by atoms with E-state index in [-0.39, 0.29) is 17.6 Å². The fourth-order valence-electron chi connectivity index (χ4n) is 4.32. The Morgan fingerprint density at radius 1 is 1.12 bits per heavy atom. The number of rotatable bonds is 7. The van der Waals surface area contributed by atoms with Crippen LogP contribution in [0.5, 0.6) is 0 Å². The zero-order chi connectivity index (χ0) is 22.7. The van der Waals surface area contributed by atoms with Crippen LogP contribution in [0.4, 0.5) is 10.1 Å². The molecular weight excluding hydrogens is 427 g/mol. The van der Waals surface area contributed by atoms with Crippen LogP contribution in [-0.2, 0) is 9.53 Å². The van der Waals surface area contributed by atoms with Gasteiger partial charge in [0.2, 0.25) is 5.91 Å². The first-order valence-corrected chi connectivity index (χ1v) is 11.4. The number of thiophene rings is 1. The summed E-state index contributed by atoms with van der Waals surface area (Å²) in [7, 11) is 1.60. The van der Waals surface area contributed by atoms with Gasteiger partial charge < -0.3 is 14.5 Å². The Morgan fingerprint density at radius 3 is 2.53 bits per heavy atom. The Bertz CT molecular complexity index is 1080. The molecule has 3 aromatic rings. The van der Waals surface area contributed by atoms with Gasteiger partial charge in [-0.2, -0.15) is 0 Å². The van der Waals surface area contributed by atoms with E-state index in [4.69, 9.17) is 4.74 Å². The van der Waals surface area contributed by atoms with Crippen LogP contribution in [0.1, 0.15) is 39.7 Å². The number of ether oxygens (including phenoxy) is 1. The second-order valence-electron chi connectivity index (χ2n) is 7.58. The molecule has 2 aromatic carbocycles. The van der Waals surface area contributed by atoms with Gasteiger partial charge in [0.25, 0.3) is 5.91 Å². The fourth-order valence-corrected chi connectivity index (χ4v) is 5.20. The number of fused-ring (bicyclic) bond motifs is 1. The fraction of sp³-hybridized carbons (Fsp3) is 0.280. The molecule has 0 spiro atoms. The highest BCUT2D eigenvalue weighted by molar-refractivity contribution is 7.10. The van der Waals surface area contributed by atoms with Gasteiger partial charge in [-0.1, -0.05) is 24.3 Å². The van der Waals surface area contributed by atoms with Crippen molar-refractivity contribution in [3.05, 3.63) is 87.9 Å². The highest BCUT2D eigenvalue weighted by atomic mass is 32.1. The molecule has 0 saturated carbocycles. The number of nitrogens with zero attached hydrogens (tertiary/aromatic N) is 2. The standard InChI is InChI=1S/C25H25FN2O3S/c1-3-27(18-12-10-17(26)11-13-18)25(30)22-19-7-4-5-8-20(19)24(29)28(14-15-31-2)23(22)21-9-6-16-32-21/h4-13,16,22-23H,3,14-15H2,1-2H3/t22-,23+/m1/s1. The lowest BCUT2D eigenvalue weighted by molar-refractivity contribution is -0.121. The predicted octanol–water partition coefficient (Wildman–Crippen LogP) is 4.87. The average molecular weight is 453 g/mol. The van der Waals surface area contributed by atoms with E-state index < -0.39 is 12.0 Å². The number of hydrogen-bond donors (Lipinski definition) is 0. The van der Waals surface area contributed by atoms with Crippen LogP contribution in [0.25, 0.3) is 0 Å². The van der Waals surface area contributed by atoms with Crippen LogP contribution in [0.2, 0.25) is 0 Å². The predicted molar refractivity (Wildman–Crippen MR) is 124 cm³/mol. The molecule has 0 saturated heterocycles. The summed E-state index contributed by atoms with van der Waals surface area (Å²) in [6.45, 7) is 3.06. The van der Waals surface area contributed by atoms with E-state index in [1.807, 2.05) is 42.6 Å². The molecule has 7 heteroatoms. The van der Waals surface area contributed by atoms with Gasteiger partial charge in [0.1, 0.15) is 5.82 Å². The van der Waals surface area contributed by atoms with Crippen molar-refractivity contribution in [3.63, 3.8) is 0 Å². The number of likely N-dealkylation sites (N-methyl/N-ethyl adjacent to an activating group) is 1. The van der Waals surface area contributed by atoms with E-state index in [0.717, 1.165) is 10.4 Å². The Balaban J connectivity index is 1.85. The van der Waals surface area contributed by atoms with E-state index in [9.17, 15) is 14.0 Å². The molecule has 2 atom stereocenters. The quantitative estimate of drug-likeness (QED) is 0.514. The maximum Gasteiger partial charge on any atom is 0.254 e. The van der Waals surface area contributed by atoms with Crippen molar-refractivity contribution in [2.45, 2.75) is 18.9 Å². The van der Waals surface area contributed by atoms with Gasteiger partial charge in [0.15, 0.2) is 0 Å². The maximum atomic E-state index is 14.1. The average Bonchev–Trinajstić information content (AvgIpc) is 3.34. The van der Waals surface area contributed by atoms with E-state index in [2.05, 4.69) is 0 Å². The van der Waals surface area contributed by atoms with Crippen molar-refractivity contribution < 1.29 is 18.7 Å². The summed E-state index contributed by atoms with van der Waals surface area (Å²) in [5, 5.41) is 1.95. The summed E-state index contributed by atoms with van der Waals surface area (Å²) >= 11 is 1.53. The van der Waals surface area contributed by atoms with Crippen molar-refractivity contribution in [1.29, 1.82) is 0 Å². The first-order valence-electron chi connectivity index (χ1n) is 10.6. The second kappa shape index (κ2) is 9.63. The monoisotopic (exact) mass is 452 g/mol. The van der Waals surface area contributed by atoms with Crippen LogP contribution < -0.4 is 4.90 Å². The Kier molecular flexibility index (Phi) is 6.67. The van der Waals surface area contributed by atoms with E-state index in [1.54, 1.807) is 35.1 Å². The number of halogens is 1. The molecule has 0 N–H and O–H groups in total. The molecule has 0 unspecified atom stereocenters. The van der Waals surface area contributed by atoms with Gasteiger partial charge in [-0.05, 0) is 54.3 Å². The van der Waals surface area contributed by atoms with Gasteiger partial charge in [-0.15, -0.1) is 11.3 Å². The summed E-state index contributed by atoms with van der Waals surface area (Å²) < 4.78 is 18.8. The van der Waals surface area contributed by atoms with Gasteiger partial charge in [0, 0.05) is 36.3 Å². The molecule has 4 rings (SSSR count). The minimum atomic E-state index is -0.593. The highest BCUT2D eigenvalue weighted by Crippen LogP contribution is 2.45. The third kappa shape index (κ3) is 4.06. The smallest absolute Gasteiger partial charge is 0.254 e. The molecule has 1 aromatic heterocycles. The number of anilines is 1. The van der Waals surface area contributed by atoms with Gasteiger partial charge >= 0.3 is 0 Å². The van der Waals surface area contributed by atoms with Crippen molar-refractivity contribution in [2.75, 3.05) is 31.7 Å². The largest absolute Gasteiger partial charge is 0.383 e. The van der Waals surface area contributed by atoms with Gasteiger partial charge in [-0.25, -0.2) is 4.39 Å². The van der Waals surface area contributed by atoms with E-state index in [0.29, 0.717) is 30.9 Å². The molecule has 0 aliphatic carbocycles. The van der Waals surface area contributed by atoms with Crippen LogP contribution in [0, 0.1) is 5.82 Å². The number of methoxy groups -OCH3 is 1. The Labute approximate surface area is 191 Å². The molecule has 0 bridgehead atoms. The lowest BCUT2D eigenvalue weighted by Crippen LogP contribution is -2.49. The molecule has 32 heavy (non-hydrogen) atoms. The van der Waals surface area contributed by atoms with Crippen molar-refractivity contribution in [2.24, 2.45) is 0 Å². The number of carbonyl (C=O) groups excluding carboxylic acids is 2. The van der Waals surface area contributed by atoms with Crippen LogP contribution >= 0.6 is 11.3 Å². The first kappa shape index (κ1) is 22.2. The van der Waals surface area contributed by atoms with Crippen molar-refractivity contribution >= 4 is 28.8 Å². The number of hydrogen-bond acceptors (Lipinski definition) is 4. The number of carbonyl (C=O) groups is 2. The van der Waals surface area contributed by atoms with E-state index >= 15 is 0 Å². The minimum Gasteiger partial charge on any atom is -0.383 e. The van der Waals surface area contributed by atoms with Gasteiger partial charge in [-0.3, -0.25) is 9.59 Å². The van der Waals surface area contributed by atoms with Crippen molar-refractivity contribution in [1.82, 2.24) is 4.90 Å². The third-order valence-electron chi connectivity index (χ3n) is 5.80. The summed E-state index contributed by atoms with van der Waals surface area (Å²) in [5.41, 5.74) is 1.88. The molecule has 166 valence electrons. The summed E-state index contributed by atoms with van der Waals surface area (Å²) in [6.07, 6.45) is 0. The highest BCUT2D eigenvalue weighted by Gasteiger charge is 2.45. The molecular formula is C25H25FN2O3S. The molecule has 0 radical (unpaired) electrons. The van der Waals surface area contributed by atoms with Gasteiger partial charge in [0.05, 0.1) is 18.6 Å². The first-order chi connectivity index (χ1) is 15.6. The lowest BCUT2D eigenvalue weighted by atomic mass is 9.81. The number of benzene rings is 2. The lowest BCUT2D eigenvalue weighted by Gasteiger charge is -2.42. The Morgan fingerprint density at radius 2 is 1.88 bits per heavy atom. The van der Waals surface area contributed by atoms with E-state index in [1.165, 1.54) is 23.5 Å². The molecule has 5 nitrogen and oxygen atoms in total. The molecule has 1 aliphatic rings. The van der Waals surface area contributed by atoms with Crippen LogP contribution in [-0.4, -0.2) is 43.5 Å². The minimum absolute atomic E-state index is 0.107. The zero-order valence-corrected chi connectivity index (χ0v) is 18.8. The van der Waals surface area contributed by atoms with Crippen molar-refractivity contribution in [3.8, 4) is 0 Å². The van der Waals surface area contributed by atoms with Crippen LogP contribution in [0.15, 0.2) is 66.0 Å².